The van der Waals surface area contributed by atoms with E-state index in [0.717, 1.165) is 79.1 Å². The van der Waals surface area contributed by atoms with Crippen LogP contribution >= 0.6 is 0 Å². The number of methoxy groups -OCH3 is 1. The number of allylic oxidation sites excluding steroid dienone is 2. The predicted octanol–water partition coefficient (Wildman–Crippen LogP) is 5.12. The summed E-state index contributed by atoms with van der Waals surface area (Å²) in [6.07, 6.45) is 6.76. The lowest BCUT2D eigenvalue weighted by atomic mass is 9.83. The molecule has 1 N–H and O–H groups in total. The third-order valence-corrected chi connectivity index (χ3v) is 7.02. The van der Waals surface area contributed by atoms with E-state index in [1.54, 1.807) is 13.3 Å². The highest BCUT2D eigenvalue weighted by molar-refractivity contribution is 6.01. The van der Waals surface area contributed by atoms with Crippen molar-refractivity contribution in [3.05, 3.63) is 64.5 Å². The number of hydrogen-bond acceptors (Lipinski definition) is 4. The summed E-state index contributed by atoms with van der Waals surface area (Å²) in [6.45, 7) is 12.1. The standard InChI is InChI=1S/C27H35N3O2/c1-6-28-25(29-27(4)14-15-27)23-18(2)7-8-19(3)24(23)26(31)30-16-13-21(17-30)20-9-11-22(32-5)12-10-20/h6,9-12,21,29H,2,7-8,13-17H2,1,3-5H3/b25-23-,28-6?. The van der Waals surface area contributed by atoms with Gasteiger partial charge in [0.15, 0.2) is 0 Å². The molecule has 1 heterocycles. The quantitative estimate of drug-likeness (QED) is 0.634. The summed E-state index contributed by atoms with van der Waals surface area (Å²) in [4.78, 5) is 20.5. The molecule has 0 spiro atoms. The lowest BCUT2D eigenvalue weighted by Gasteiger charge is -2.29. The average molecular weight is 434 g/mol. The maximum absolute atomic E-state index is 13.8. The zero-order valence-electron chi connectivity index (χ0n) is 19.8. The first kappa shape index (κ1) is 22.4. The van der Waals surface area contributed by atoms with E-state index in [1.165, 1.54) is 5.56 Å². The first-order chi connectivity index (χ1) is 15.3. The topological polar surface area (TPSA) is 53.9 Å². The monoisotopic (exact) mass is 433 g/mol. The number of aliphatic imine (C=N–C) groups is 1. The minimum absolute atomic E-state index is 0.0712. The maximum Gasteiger partial charge on any atom is 0.254 e. The summed E-state index contributed by atoms with van der Waals surface area (Å²) in [5.74, 6) is 2.12. The van der Waals surface area contributed by atoms with Crippen molar-refractivity contribution in [1.29, 1.82) is 0 Å². The Labute approximate surface area is 191 Å². The van der Waals surface area contributed by atoms with E-state index in [0.29, 0.717) is 5.92 Å². The van der Waals surface area contributed by atoms with Gasteiger partial charge in [-0.15, -0.1) is 0 Å². The highest BCUT2D eigenvalue weighted by Crippen LogP contribution is 2.41. The molecule has 1 aromatic rings. The summed E-state index contributed by atoms with van der Waals surface area (Å²) in [6, 6.07) is 8.23. The first-order valence-corrected chi connectivity index (χ1v) is 11.7. The van der Waals surface area contributed by atoms with Crippen molar-refractivity contribution in [2.24, 2.45) is 4.99 Å². The van der Waals surface area contributed by atoms with Crippen molar-refractivity contribution >= 4 is 12.1 Å². The molecule has 1 saturated carbocycles. The van der Waals surface area contributed by atoms with Gasteiger partial charge in [0.25, 0.3) is 5.91 Å². The van der Waals surface area contributed by atoms with Crippen molar-refractivity contribution in [1.82, 2.24) is 10.2 Å². The Balaban J connectivity index is 1.61. The van der Waals surface area contributed by atoms with Crippen LogP contribution in [0.1, 0.15) is 64.4 Å². The van der Waals surface area contributed by atoms with Crippen LogP contribution in [0.4, 0.5) is 0 Å². The Bertz CT molecular complexity index is 996. The third kappa shape index (κ3) is 4.52. The molecular formula is C27H35N3O2. The number of ether oxygens (including phenoxy) is 1. The molecule has 4 rings (SSSR count). The smallest absolute Gasteiger partial charge is 0.254 e. The Morgan fingerprint density at radius 3 is 2.62 bits per heavy atom. The number of likely N-dealkylation sites (tertiary alicyclic amines) is 1. The predicted molar refractivity (Wildman–Crippen MR) is 130 cm³/mol. The molecule has 170 valence electrons. The first-order valence-electron chi connectivity index (χ1n) is 11.7. The summed E-state index contributed by atoms with van der Waals surface area (Å²) in [5, 5.41) is 3.61. The van der Waals surface area contributed by atoms with E-state index in [4.69, 9.17) is 4.74 Å². The molecule has 2 aliphatic carbocycles. The third-order valence-electron chi connectivity index (χ3n) is 7.02. The summed E-state index contributed by atoms with van der Waals surface area (Å²) in [7, 11) is 1.68. The van der Waals surface area contributed by atoms with Crippen LogP contribution in [0.5, 0.6) is 5.75 Å². The van der Waals surface area contributed by atoms with Crippen LogP contribution in [0.15, 0.2) is 64.0 Å². The zero-order valence-corrected chi connectivity index (χ0v) is 19.8. The lowest BCUT2D eigenvalue weighted by molar-refractivity contribution is -0.126. The molecule has 1 amide bonds. The highest BCUT2D eigenvalue weighted by atomic mass is 16.5. The molecule has 0 radical (unpaired) electrons. The number of carbonyl (C=O) groups excluding carboxylic acids is 1. The molecular weight excluding hydrogens is 398 g/mol. The van der Waals surface area contributed by atoms with Gasteiger partial charge in [-0.25, -0.2) is 4.99 Å². The van der Waals surface area contributed by atoms with E-state index in [2.05, 4.69) is 42.9 Å². The van der Waals surface area contributed by atoms with E-state index in [1.807, 2.05) is 24.0 Å². The molecule has 32 heavy (non-hydrogen) atoms. The normalized spacial score (nSPS) is 24.2. The number of carbonyl (C=O) groups is 1. The van der Waals surface area contributed by atoms with E-state index in [-0.39, 0.29) is 11.4 Å². The van der Waals surface area contributed by atoms with Gasteiger partial charge < -0.3 is 15.0 Å². The largest absolute Gasteiger partial charge is 0.497 e. The molecule has 1 saturated heterocycles. The Morgan fingerprint density at radius 1 is 1.28 bits per heavy atom. The van der Waals surface area contributed by atoms with Gasteiger partial charge in [-0.1, -0.05) is 24.3 Å². The van der Waals surface area contributed by atoms with Gasteiger partial charge in [-0.2, -0.15) is 0 Å². The summed E-state index contributed by atoms with van der Waals surface area (Å²) < 4.78 is 5.28. The Kier molecular flexibility index (Phi) is 6.27. The molecule has 1 aromatic carbocycles. The van der Waals surface area contributed by atoms with Crippen LogP contribution < -0.4 is 10.1 Å². The molecule has 2 fully saturated rings. The lowest BCUT2D eigenvalue weighted by Crippen LogP contribution is -2.34. The number of hydrogen-bond donors (Lipinski definition) is 1. The van der Waals surface area contributed by atoms with Gasteiger partial charge >= 0.3 is 0 Å². The molecule has 0 bridgehead atoms. The maximum atomic E-state index is 13.8. The minimum Gasteiger partial charge on any atom is -0.497 e. The van der Waals surface area contributed by atoms with E-state index in [9.17, 15) is 4.79 Å². The Hall–Kier alpha value is -2.82. The van der Waals surface area contributed by atoms with Gasteiger partial charge in [0.05, 0.1) is 7.11 Å². The molecule has 3 aliphatic rings. The number of amides is 1. The zero-order chi connectivity index (χ0) is 22.9. The van der Waals surface area contributed by atoms with Crippen molar-refractivity contribution < 1.29 is 9.53 Å². The van der Waals surface area contributed by atoms with Crippen LogP contribution in [-0.4, -0.2) is 42.8 Å². The van der Waals surface area contributed by atoms with Gasteiger partial charge in [-0.05, 0) is 76.1 Å². The van der Waals surface area contributed by atoms with Crippen LogP contribution in [0, 0.1) is 0 Å². The van der Waals surface area contributed by atoms with Gasteiger partial charge in [0, 0.05) is 41.9 Å². The molecule has 0 aromatic heterocycles. The molecule has 5 nitrogen and oxygen atoms in total. The van der Waals surface area contributed by atoms with Crippen LogP contribution in [0.3, 0.4) is 0 Å². The van der Waals surface area contributed by atoms with Crippen molar-refractivity contribution in [2.45, 2.75) is 64.3 Å². The SMILES string of the molecule is C=C1CCC(C)=C(C(=O)N2CCC(c3ccc(OC)cc3)C2)/C1=C(/N=CC)NC1(C)CC1. The number of rotatable bonds is 6. The van der Waals surface area contributed by atoms with Gasteiger partial charge in [0.1, 0.15) is 11.6 Å². The van der Waals surface area contributed by atoms with Gasteiger partial charge in [0.2, 0.25) is 0 Å². The number of nitrogens with zero attached hydrogens (tertiary/aromatic N) is 2. The molecule has 1 atom stereocenters. The highest BCUT2D eigenvalue weighted by Gasteiger charge is 2.40. The van der Waals surface area contributed by atoms with E-state index < -0.39 is 0 Å². The number of benzene rings is 1. The van der Waals surface area contributed by atoms with Crippen LogP contribution in [-0.2, 0) is 4.79 Å². The van der Waals surface area contributed by atoms with E-state index >= 15 is 0 Å². The fraction of sp³-hybridized carbons (Fsp3) is 0.481. The van der Waals surface area contributed by atoms with Crippen molar-refractivity contribution in [3.63, 3.8) is 0 Å². The molecule has 1 unspecified atom stereocenters. The van der Waals surface area contributed by atoms with Crippen molar-refractivity contribution in [2.75, 3.05) is 20.2 Å². The Morgan fingerprint density at radius 2 is 2.00 bits per heavy atom. The average Bonchev–Trinajstić information content (AvgIpc) is 3.31. The summed E-state index contributed by atoms with van der Waals surface area (Å²) in [5.41, 5.74) is 5.18. The second-order valence-corrected chi connectivity index (χ2v) is 9.57. The minimum atomic E-state index is 0.0712. The van der Waals surface area contributed by atoms with Crippen LogP contribution in [0.2, 0.25) is 0 Å². The molecule has 5 heteroatoms. The molecule has 1 aliphatic heterocycles. The second-order valence-electron chi connectivity index (χ2n) is 9.57. The summed E-state index contributed by atoms with van der Waals surface area (Å²) >= 11 is 0. The van der Waals surface area contributed by atoms with Gasteiger partial charge in [-0.3, -0.25) is 4.79 Å². The number of nitrogens with one attached hydrogen (secondary N) is 1. The fourth-order valence-corrected chi connectivity index (χ4v) is 4.69. The van der Waals surface area contributed by atoms with Crippen LogP contribution in [0.25, 0.3) is 0 Å². The second kappa shape index (κ2) is 8.97. The fourth-order valence-electron chi connectivity index (χ4n) is 4.69. The van der Waals surface area contributed by atoms with Crippen molar-refractivity contribution in [3.8, 4) is 5.75 Å².